The maximum atomic E-state index is 5.54. The van der Waals surface area contributed by atoms with Crippen molar-refractivity contribution < 1.29 is 9.47 Å². The van der Waals surface area contributed by atoms with E-state index in [9.17, 15) is 0 Å². The smallest absolute Gasteiger partial charge is 0.163 e. The Balaban J connectivity index is 2.46. The summed E-state index contributed by atoms with van der Waals surface area (Å²) >= 11 is 6.79. The molecule has 0 N–H and O–H groups in total. The Morgan fingerprint density at radius 3 is 2.56 bits per heavy atom. The summed E-state index contributed by atoms with van der Waals surface area (Å²) in [6.07, 6.45) is 0. The first-order valence-electron chi connectivity index (χ1n) is 5.38. The van der Waals surface area contributed by atoms with Crippen LogP contribution in [0.15, 0.2) is 33.5 Å². The summed E-state index contributed by atoms with van der Waals surface area (Å²) in [6, 6.07) is 7.56. The van der Waals surface area contributed by atoms with Gasteiger partial charge in [0.25, 0.3) is 0 Å². The number of benzene rings is 1. The highest BCUT2D eigenvalue weighted by atomic mass is 79.9. The zero-order chi connectivity index (χ0) is 13.1. The summed E-state index contributed by atoms with van der Waals surface area (Å²) in [5.41, 5.74) is 0.900. The fraction of sp³-hybridized carbons (Fsp3) is 0.250. The fourth-order valence-corrected chi connectivity index (χ4v) is 2.76. The van der Waals surface area contributed by atoms with Crippen LogP contribution in [0.3, 0.4) is 0 Å². The number of nitrogens with zero attached hydrogens (tertiary/aromatic N) is 2. The zero-order valence-corrected chi connectivity index (χ0v) is 13.2. The van der Waals surface area contributed by atoms with Crippen molar-refractivity contribution in [1.82, 2.24) is 9.78 Å². The number of aromatic nitrogens is 2. The summed E-state index contributed by atoms with van der Waals surface area (Å²) in [4.78, 5) is 0. The third-order valence-corrected chi connectivity index (χ3v) is 3.28. The van der Waals surface area contributed by atoms with Gasteiger partial charge in [-0.1, -0.05) is 0 Å². The molecule has 0 spiro atoms. The lowest BCUT2D eigenvalue weighted by Gasteiger charge is -2.11. The standard InChI is InChI=1S/C12H12Br2N2O2/c1-3-18-10-6-8(4-5-9(10)17-2)16-12(14)7-11(13)15-16/h4-7H,3H2,1-2H3. The third kappa shape index (κ3) is 2.70. The van der Waals surface area contributed by atoms with Crippen molar-refractivity contribution in [1.29, 1.82) is 0 Å². The summed E-state index contributed by atoms with van der Waals surface area (Å²) in [5.74, 6) is 1.42. The minimum atomic E-state index is 0.587. The van der Waals surface area contributed by atoms with E-state index in [4.69, 9.17) is 9.47 Å². The van der Waals surface area contributed by atoms with Crippen LogP contribution >= 0.6 is 31.9 Å². The predicted molar refractivity (Wildman–Crippen MR) is 76.7 cm³/mol. The second-order valence-corrected chi connectivity index (χ2v) is 5.09. The van der Waals surface area contributed by atoms with Crippen molar-refractivity contribution in [3.05, 3.63) is 33.5 Å². The first-order chi connectivity index (χ1) is 8.65. The molecule has 4 nitrogen and oxygen atoms in total. The van der Waals surface area contributed by atoms with Crippen LogP contribution in [0.2, 0.25) is 0 Å². The van der Waals surface area contributed by atoms with Gasteiger partial charge in [-0.15, -0.1) is 0 Å². The van der Waals surface area contributed by atoms with Gasteiger partial charge in [0.1, 0.15) is 9.21 Å². The maximum Gasteiger partial charge on any atom is 0.163 e. The Kier molecular flexibility index (Phi) is 4.29. The minimum absolute atomic E-state index is 0.587. The summed E-state index contributed by atoms with van der Waals surface area (Å²) in [5, 5.41) is 4.33. The highest BCUT2D eigenvalue weighted by Crippen LogP contribution is 2.31. The van der Waals surface area contributed by atoms with Gasteiger partial charge >= 0.3 is 0 Å². The van der Waals surface area contributed by atoms with E-state index in [1.807, 2.05) is 31.2 Å². The van der Waals surface area contributed by atoms with E-state index < -0.39 is 0 Å². The van der Waals surface area contributed by atoms with E-state index >= 15 is 0 Å². The normalized spacial score (nSPS) is 10.4. The Bertz CT molecular complexity index is 555. The number of methoxy groups -OCH3 is 1. The largest absolute Gasteiger partial charge is 0.493 e. The number of hydrogen-bond acceptors (Lipinski definition) is 3. The SMILES string of the molecule is CCOc1cc(-n2nc(Br)cc2Br)ccc1OC. The van der Waals surface area contributed by atoms with Gasteiger partial charge in [-0.25, -0.2) is 4.68 Å². The van der Waals surface area contributed by atoms with Gasteiger partial charge in [-0.05, 0) is 50.9 Å². The highest BCUT2D eigenvalue weighted by Gasteiger charge is 2.10. The number of hydrogen-bond donors (Lipinski definition) is 0. The molecular formula is C12H12Br2N2O2. The van der Waals surface area contributed by atoms with Crippen molar-refractivity contribution in [3.63, 3.8) is 0 Å². The van der Waals surface area contributed by atoms with Crippen LogP contribution in [0, 0.1) is 0 Å². The number of halogens is 2. The topological polar surface area (TPSA) is 36.3 Å². The molecule has 0 saturated carbocycles. The molecule has 0 saturated heterocycles. The van der Waals surface area contributed by atoms with Crippen molar-refractivity contribution in [2.24, 2.45) is 0 Å². The molecule has 96 valence electrons. The molecule has 0 fully saturated rings. The molecule has 18 heavy (non-hydrogen) atoms. The van der Waals surface area contributed by atoms with Crippen LogP contribution in [-0.2, 0) is 0 Å². The molecular weight excluding hydrogens is 364 g/mol. The Labute approximate surface area is 122 Å². The Morgan fingerprint density at radius 1 is 1.22 bits per heavy atom. The lowest BCUT2D eigenvalue weighted by molar-refractivity contribution is 0.311. The van der Waals surface area contributed by atoms with E-state index in [0.717, 1.165) is 14.9 Å². The lowest BCUT2D eigenvalue weighted by atomic mass is 10.3. The molecule has 0 bridgehead atoms. The van der Waals surface area contributed by atoms with Crippen LogP contribution in [0.1, 0.15) is 6.92 Å². The first-order valence-corrected chi connectivity index (χ1v) is 6.96. The van der Waals surface area contributed by atoms with Gasteiger partial charge in [0.05, 0.1) is 19.4 Å². The van der Waals surface area contributed by atoms with Crippen LogP contribution in [0.5, 0.6) is 11.5 Å². The van der Waals surface area contributed by atoms with Crippen molar-refractivity contribution >= 4 is 31.9 Å². The Hall–Kier alpha value is -1.01. The van der Waals surface area contributed by atoms with Crippen molar-refractivity contribution in [2.45, 2.75) is 6.92 Å². The molecule has 0 aliphatic heterocycles. The molecule has 0 aliphatic carbocycles. The van der Waals surface area contributed by atoms with E-state index in [1.54, 1.807) is 11.8 Å². The molecule has 1 heterocycles. The van der Waals surface area contributed by atoms with Crippen molar-refractivity contribution in [3.8, 4) is 17.2 Å². The summed E-state index contributed by atoms with van der Waals surface area (Å²) in [6.45, 7) is 2.52. The Morgan fingerprint density at radius 2 is 2.00 bits per heavy atom. The summed E-state index contributed by atoms with van der Waals surface area (Å²) in [7, 11) is 1.62. The first kappa shape index (κ1) is 13.4. The van der Waals surface area contributed by atoms with Crippen molar-refractivity contribution in [2.75, 3.05) is 13.7 Å². The second-order valence-electron chi connectivity index (χ2n) is 3.47. The van der Waals surface area contributed by atoms with Gasteiger partial charge in [0.2, 0.25) is 0 Å². The monoisotopic (exact) mass is 374 g/mol. The van der Waals surface area contributed by atoms with Gasteiger partial charge < -0.3 is 9.47 Å². The molecule has 1 aromatic heterocycles. The quantitative estimate of drug-likeness (QED) is 0.815. The molecule has 2 rings (SSSR count). The average Bonchev–Trinajstić information content (AvgIpc) is 2.69. The molecule has 1 aromatic carbocycles. The van der Waals surface area contributed by atoms with E-state index in [0.29, 0.717) is 18.1 Å². The van der Waals surface area contributed by atoms with Crippen LogP contribution in [0.4, 0.5) is 0 Å². The minimum Gasteiger partial charge on any atom is -0.493 e. The number of rotatable bonds is 4. The fourth-order valence-electron chi connectivity index (χ4n) is 1.58. The molecule has 0 amide bonds. The molecule has 0 aliphatic rings. The van der Waals surface area contributed by atoms with Gasteiger partial charge in [-0.2, -0.15) is 5.10 Å². The van der Waals surface area contributed by atoms with E-state index in [2.05, 4.69) is 37.0 Å². The zero-order valence-electron chi connectivity index (χ0n) is 9.98. The maximum absolute atomic E-state index is 5.54. The molecule has 6 heteroatoms. The average molecular weight is 376 g/mol. The predicted octanol–water partition coefficient (Wildman–Crippen LogP) is 3.80. The van der Waals surface area contributed by atoms with Gasteiger partial charge in [0, 0.05) is 12.1 Å². The third-order valence-electron chi connectivity index (χ3n) is 2.33. The second kappa shape index (κ2) is 5.75. The summed E-state index contributed by atoms with van der Waals surface area (Å²) < 4.78 is 14.2. The molecule has 0 atom stereocenters. The molecule has 0 unspecified atom stereocenters. The van der Waals surface area contributed by atoms with Crippen LogP contribution < -0.4 is 9.47 Å². The highest BCUT2D eigenvalue weighted by molar-refractivity contribution is 9.11. The molecule has 0 radical (unpaired) electrons. The molecule has 2 aromatic rings. The van der Waals surface area contributed by atoms with Crippen LogP contribution in [0.25, 0.3) is 5.69 Å². The van der Waals surface area contributed by atoms with E-state index in [-0.39, 0.29) is 0 Å². The van der Waals surface area contributed by atoms with Gasteiger partial charge in [0.15, 0.2) is 11.5 Å². The van der Waals surface area contributed by atoms with E-state index in [1.165, 1.54) is 0 Å². The van der Waals surface area contributed by atoms with Crippen LogP contribution in [-0.4, -0.2) is 23.5 Å². The lowest BCUT2D eigenvalue weighted by Crippen LogP contribution is -2.00. The van der Waals surface area contributed by atoms with Gasteiger partial charge in [-0.3, -0.25) is 0 Å². The number of ether oxygens (including phenoxy) is 2.